The Kier molecular flexibility index (Phi) is 15.6. The van der Waals surface area contributed by atoms with Crippen LogP contribution < -0.4 is 16.0 Å². The molecule has 188 valence electrons. The van der Waals surface area contributed by atoms with Gasteiger partial charge in [0, 0.05) is 13.0 Å². The van der Waals surface area contributed by atoms with Gasteiger partial charge >= 0.3 is 5.97 Å². The molecule has 0 aliphatic carbocycles. The summed E-state index contributed by atoms with van der Waals surface area (Å²) >= 11 is 2.59. The first-order chi connectivity index (χ1) is 14.5. The Morgan fingerprint density at radius 2 is 1.58 bits per heavy atom. The van der Waals surface area contributed by atoms with Gasteiger partial charge in [0.2, 0.25) is 23.6 Å². The number of hydrogen-bond donors (Lipinski definition) is 3. The van der Waals surface area contributed by atoms with E-state index in [2.05, 4.69) is 37.0 Å². The van der Waals surface area contributed by atoms with Crippen LogP contribution in [0.1, 0.15) is 53.4 Å². The van der Waals surface area contributed by atoms with Gasteiger partial charge in [-0.25, -0.2) is 0 Å². The topological polar surface area (TPSA) is 197 Å². The van der Waals surface area contributed by atoms with Gasteiger partial charge in [0.15, 0.2) is 16.3 Å². The summed E-state index contributed by atoms with van der Waals surface area (Å²) in [5.74, 6) is -1.83. The van der Waals surface area contributed by atoms with Crippen molar-refractivity contribution in [2.75, 3.05) is 13.7 Å². The molecule has 0 aromatic carbocycles. The molecular formula is C20H37AlN4O8. The minimum Gasteiger partial charge on any atom is -0.469 e. The fourth-order valence-corrected chi connectivity index (χ4v) is 3.24. The number of carbonyl (C=O) groups is 5. The Morgan fingerprint density at radius 3 is 2.12 bits per heavy atom. The van der Waals surface area contributed by atoms with E-state index in [1.807, 2.05) is 13.8 Å². The summed E-state index contributed by atoms with van der Waals surface area (Å²) in [4.78, 5) is 62.2. The third kappa shape index (κ3) is 10.5. The summed E-state index contributed by atoms with van der Waals surface area (Å²) in [7, 11) is 1.23. The van der Waals surface area contributed by atoms with Crippen molar-refractivity contribution >= 4 is 45.9 Å². The number of amides is 4. The van der Waals surface area contributed by atoms with Crippen molar-refractivity contribution in [2.45, 2.75) is 76.4 Å². The first-order valence-electron chi connectivity index (χ1n) is 10.5. The average molecular weight is 489 g/mol. The molecule has 0 saturated carbocycles. The molecule has 7 N–H and O–H groups in total. The molecule has 1 heterocycles. The van der Waals surface area contributed by atoms with E-state index < -0.39 is 35.9 Å². The maximum absolute atomic E-state index is 12.9. The number of methoxy groups -OCH3 is 1. The van der Waals surface area contributed by atoms with Gasteiger partial charge < -0.3 is 36.5 Å². The van der Waals surface area contributed by atoms with Crippen LogP contribution in [-0.2, 0) is 28.7 Å². The molecule has 13 heteroatoms. The van der Waals surface area contributed by atoms with Crippen LogP contribution in [0.25, 0.3) is 0 Å². The Balaban J connectivity index is 0. The second-order valence-corrected chi connectivity index (χ2v) is 8.78. The summed E-state index contributed by atoms with van der Waals surface area (Å²) in [5, 5.41) is 7.98. The van der Waals surface area contributed by atoms with Crippen LogP contribution in [0.4, 0.5) is 0 Å². The third-order valence-electron chi connectivity index (χ3n) is 5.15. The molecule has 2 radical (unpaired) electrons. The Labute approximate surface area is 202 Å². The van der Waals surface area contributed by atoms with Crippen LogP contribution in [0.15, 0.2) is 0 Å². The number of ether oxygens (including phenoxy) is 1. The van der Waals surface area contributed by atoms with E-state index in [0.29, 0.717) is 19.4 Å². The zero-order valence-electron chi connectivity index (χ0n) is 19.9. The minimum atomic E-state index is -0.887. The quantitative estimate of drug-likeness (QED) is 0.225. The van der Waals surface area contributed by atoms with Crippen LogP contribution in [0.2, 0.25) is 0 Å². The van der Waals surface area contributed by atoms with E-state index in [4.69, 9.17) is 0 Å². The average Bonchev–Trinajstić information content (AvgIpc) is 3.20. The molecule has 0 bridgehead atoms. The normalized spacial score (nSPS) is 17.5. The van der Waals surface area contributed by atoms with Crippen LogP contribution in [0.5, 0.6) is 0 Å². The zero-order chi connectivity index (χ0) is 23.7. The zero-order valence-corrected chi connectivity index (χ0v) is 21.1. The second kappa shape index (κ2) is 15.6. The molecule has 1 aliphatic heterocycles. The lowest BCUT2D eigenvalue weighted by atomic mass is 10.1. The number of carbonyl (C=O) groups excluding carboxylic acids is 5. The molecular weight excluding hydrogens is 451 g/mol. The fraction of sp³-hybridized carbons (Fsp3) is 0.750. The second-order valence-electron chi connectivity index (χ2n) is 8.06. The van der Waals surface area contributed by atoms with Crippen molar-refractivity contribution in [3.05, 3.63) is 0 Å². The number of likely N-dealkylation sites (tertiary alicyclic amines) is 1. The van der Waals surface area contributed by atoms with E-state index in [-0.39, 0.29) is 46.4 Å². The summed E-state index contributed by atoms with van der Waals surface area (Å²) in [6.07, 6.45) is 1.09. The highest BCUT2D eigenvalue weighted by atomic mass is 27.0. The van der Waals surface area contributed by atoms with E-state index >= 15 is 0 Å². The lowest BCUT2D eigenvalue weighted by Crippen LogP contribution is -2.56. The van der Waals surface area contributed by atoms with Crippen molar-refractivity contribution in [3.63, 3.8) is 0 Å². The molecule has 0 unspecified atom stereocenters. The van der Waals surface area contributed by atoms with Gasteiger partial charge in [-0.15, -0.1) is 0 Å². The maximum atomic E-state index is 12.9. The molecule has 0 aromatic rings. The van der Waals surface area contributed by atoms with Gasteiger partial charge in [-0.1, -0.05) is 13.8 Å². The van der Waals surface area contributed by atoms with Crippen molar-refractivity contribution in [1.29, 1.82) is 0 Å². The molecule has 1 aliphatic rings. The molecule has 12 nitrogen and oxygen atoms in total. The van der Waals surface area contributed by atoms with E-state index in [1.165, 1.54) is 18.9 Å². The number of rotatable bonds is 10. The molecule has 1 rings (SSSR count). The predicted octanol–water partition coefficient (Wildman–Crippen LogP) is -2.44. The van der Waals surface area contributed by atoms with E-state index in [9.17, 15) is 24.0 Å². The van der Waals surface area contributed by atoms with Crippen molar-refractivity contribution in [2.24, 2.45) is 5.92 Å². The van der Waals surface area contributed by atoms with Gasteiger partial charge in [0.1, 0.15) is 18.1 Å². The van der Waals surface area contributed by atoms with E-state index in [1.54, 1.807) is 6.92 Å². The minimum absolute atomic E-state index is 0. The standard InChI is InChI=1S/C20H33N4O6.Al.2H2O/c1-12(2)11-21-19(28)15-7-6-10-24(15)20(29)14(4)23-18(27)13(3)22-16(25)8-9-17(26)30-5;;;/h11-15H,6-10H2,1-5H3,(H,21,28)(H,22,25)(H,23,27);;2*1H2/t13-,14-,15-;;;/m0.../s1. The first-order valence-corrected chi connectivity index (χ1v) is 11.2. The lowest BCUT2D eigenvalue weighted by molar-refractivity contribution is -0.142. The van der Waals surface area contributed by atoms with Crippen LogP contribution in [0, 0.1) is 5.92 Å². The van der Waals surface area contributed by atoms with Gasteiger partial charge in [0.05, 0.1) is 13.5 Å². The molecule has 0 aromatic heterocycles. The smallest absolute Gasteiger partial charge is 0.306 e. The van der Waals surface area contributed by atoms with Crippen molar-refractivity contribution < 1.29 is 39.7 Å². The molecule has 4 amide bonds. The van der Waals surface area contributed by atoms with Gasteiger partial charge in [0.25, 0.3) is 0 Å². The third-order valence-corrected chi connectivity index (χ3v) is 6.09. The summed E-state index contributed by atoms with van der Waals surface area (Å²) in [6, 6.07) is -2.31. The van der Waals surface area contributed by atoms with Crippen LogP contribution in [0.3, 0.4) is 0 Å². The summed E-state index contributed by atoms with van der Waals surface area (Å²) < 4.78 is 4.47. The summed E-state index contributed by atoms with van der Waals surface area (Å²) in [6.45, 7) is 7.46. The van der Waals surface area contributed by atoms with E-state index in [0.717, 1.165) is 0 Å². The Morgan fingerprint density at radius 1 is 0.970 bits per heavy atom. The van der Waals surface area contributed by atoms with Gasteiger partial charge in [-0.2, -0.15) is 0 Å². The van der Waals surface area contributed by atoms with Crippen LogP contribution >= 0.6 is 0 Å². The molecule has 1 fully saturated rings. The molecule has 4 atom stereocenters. The SMILES string of the molecule is COC(=O)CCC(=O)N[C@@H](C)C(=O)N[C@@H](C)C(=O)N1CCC[C@H]1C(=O)N[C@H]([Al])C(C)C.O.O. The highest BCUT2D eigenvalue weighted by molar-refractivity contribution is 6.13. The molecule has 0 spiro atoms. The lowest BCUT2D eigenvalue weighted by Gasteiger charge is -2.29. The van der Waals surface area contributed by atoms with Crippen molar-refractivity contribution in [1.82, 2.24) is 20.9 Å². The Bertz CT molecular complexity index is 691. The largest absolute Gasteiger partial charge is 0.469 e. The van der Waals surface area contributed by atoms with Gasteiger partial charge in [-0.05, 0) is 37.5 Å². The predicted molar refractivity (Wildman–Crippen MR) is 121 cm³/mol. The van der Waals surface area contributed by atoms with Crippen LogP contribution in [-0.4, -0.2) is 98.4 Å². The summed E-state index contributed by atoms with van der Waals surface area (Å²) in [5.41, 5.74) is 0. The number of nitrogens with one attached hydrogen (secondary N) is 3. The maximum Gasteiger partial charge on any atom is 0.306 e. The number of esters is 1. The number of hydrogen-bond acceptors (Lipinski definition) is 6. The molecule has 33 heavy (non-hydrogen) atoms. The molecule has 1 saturated heterocycles. The highest BCUT2D eigenvalue weighted by Gasteiger charge is 2.37. The Hall–Kier alpha value is -2.20. The monoisotopic (exact) mass is 488 g/mol. The number of nitrogens with zero attached hydrogens (tertiary/aromatic N) is 1. The highest BCUT2D eigenvalue weighted by Crippen LogP contribution is 2.19. The van der Waals surface area contributed by atoms with Crippen molar-refractivity contribution in [3.8, 4) is 0 Å². The fourth-order valence-electron chi connectivity index (χ4n) is 3.08. The van der Waals surface area contributed by atoms with Gasteiger partial charge in [-0.3, -0.25) is 24.0 Å². The first kappa shape index (κ1) is 33.0.